The van der Waals surface area contributed by atoms with Crippen molar-refractivity contribution in [2.75, 3.05) is 12.5 Å². The lowest BCUT2D eigenvalue weighted by molar-refractivity contribution is 0.106. The van der Waals surface area contributed by atoms with Crippen molar-refractivity contribution in [3.63, 3.8) is 0 Å². The SMILES string of the molecule is COc1ccc(C(=O)C(/C=N/O)=N/Nc2ccc(F)cc2)cc1. The second kappa shape index (κ2) is 7.69. The number of oxime groups is 1. The second-order valence-corrected chi connectivity index (χ2v) is 4.42. The predicted octanol–water partition coefficient (Wildman–Crippen LogP) is 2.95. The van der Waals surface area contributed by atoms with Crippen LogP contribution in [0.5, 0.6) is 5.75 Å². The maximum Gasteiger partial charge on any atom is 0.214 e. The van der Waals surface area contributed by atoms with Crippen molar-refractivity contribution in [2.24, 2.45) is 10.3 Å². The van der Waals surface area contributed by atoms with E-state index in [0.717, 1.165) is 6.21 Å². The highest BCUT2D eigenvalue weighted by atomic mass is 19.1. The number of ether oxygens (including phenoxy) is 1. The minimum atomic E-state index is -0.444. The van der Waals surface area contributed by atoms with Crippen molar-refractivity contribution in [3.8, 4) is 5.75 Å². The Labute approximate surface area is 131 Å². The lowest BCUT2D eigenvalue weighted by Gasteiger charge is -2.04. The number of Topliss-reactive ketones (excluding diaryl/α,β-unsaturated/α-hetero) is 1. The maximum atomic E-state index is 12.8. The molecule has 2 N–H and O–H groups in total. The number of hydrogen-bond donors (Lipinski definition) is 2. The molecule has 0 aliphatic carbocycles. The number of carbonyl (C=O) groups is 1. The van der Waals surface area contributed by atoms with Gasteiger partial charge in [-0.25, -0.2) is 4.39 Å². The summed E-state index contributed by atoms with van der Waals surface area (Å²) >= 11 is 0. The van der Waals surface area contributed by atoms with Crippen LogP contribution in [0, 0.1) is 5.82 Å². The fraction of sp³-hybridized carbons (Fsp3) is 0.0625. The molecular weight excluding hydrogens is 301 g/mol. The third-order valence-corrected chi connectivity index (χ3v) is 2.91. The van der Waals surface area contributed by atoms with Crippen LogP contribution in [0.15, 0.2) is 58.8 Å². The molecule has 118 valence electrons. The number of carbonyl (C=O) groups excluding carboxylic acids is 1. The van der Waals surface area contributed by atoms with Crippen LogP contribution in [-0.2, 0) is 0 Å². The van der Waals surface area contributed by atoms with Crippen molar-refractivity contribution in [1.82, 2.24) is 0 Å². The van der Waals surface area contributed by atoms with E-state index in [-0.39, 0.29) is 11.5 Å². The molecule has 0 heterocycles. The number of rotatable bonds is 6. The van der Waals surface area contributed by atoms with Crippen LogP contribution in [0.3, 0.4) is 0 Å². The number of nitrogens with zero attached hydrogens (tertiary/aromatic N) is 2. The summed E-state index contributed by atoms with van der Waals surface area (Å²) in [4.78, 5) is 12.3. The van der Waals surface area contributed by atoms with Crippen LogP contribution >= 0.6 is 0 Å². The molecule has 0 radical (unpaired) electrons. The second-order valence-electron chi connectivity index (χ2n) is 4.42. The topological polar surface area (TPSA) is 83.3 Å². The molecule has 0 atom stereocenters. The molecular formula is C16H14FN3O3. The average molecular weight is 315 g/mol. The minimum Gasteiger partial charge on any atom is -0.497 e. The van der Waals surface area contributed by atoms with Crippen molar-refractivity contribution in [2.45, 2.75) is 0 Å². The first-order valence-corrected chi connectivity index (χ1v) is 6.59. The molecule has 0 amide bonds. The molecule has 0 saturated heterocycles. The number of halogens is 1. The Hall–Kier alpha value is -3.22. The Morgan fingerprint density at radius 1 is 1.17 bits per heavy atom. The van der Waals surface area contributed by atoms with Crippen LogP contribution in [0.4, 0.5) is 10.1 Å². The molecule has 0 saturated carbocycles. The van der Waals surface area contributed by atoms with Gasteiger partial charge < -0.3 is 9.94 Å². The summed E-state index contributed by atoms with van der Waals surface area (Å²) in [5.74, 6) is -0.216. The van der Waals surface area contributed by atoms with Crippen LogP contribution in [-0.4, -0.2) is 30.0 Å². The number of hydrazone groups is 1. The van der Waals surface area contributed by atoms with Gasteiger partial charge in [-0.3, -0.25) is 10.2 Å². The molecule has 0 bridgehead atoms. The third-order valence-electron chi connectivity index (χ3n) is 2.91. The summed E-state index contributed by atoms with van der Waals surface area (Å²) in [5.41, 5.74) is 3.33. The molecule has 0 spiro atoms. The van der Waals surface area contributed by atoms with E-state index >= 15 is 0 Å². The number of nitrogens with one attached hydrogen (secondary N) is 1. The standard InChI is InChI=1S/C16H14FN3O3/c1-23-14-8-2-11(3-9-14)16(21)15(10-18-22)20-19-13-6-4-12(17)5-7-13/h2-10,19,22H,1H3/b18-10+,20-15+. The van der Waals surface area contributed by atoms with E-state index in [2.05, 4.69) is 15.7 Å². The summed E-state index contributed by atoms with van der Waals surface area (Å²) in [6.45, 7) is 0. The van der Waals surface area contributed by atoms with Crippen molar-refractivity contribution >= 4 is 23.4 Å². The van der Waals surface area contributed by atoms with Crippen LogP contribution in [0.25, 0.3) is 0 Å². The van der Waals surface area contributed by atoms with E-state index in [1.54, 1.807) is 24.3 Å². The summed E-state index contributed by atoms with van der Waals surface area (Å²) in [5, 5.41) is 15.4. The largest absolute Gasteiger partial charge is 0.497 e. The van der Waals surface area contributed by atoms with Crippen molar-refractivity contribution in [1.29, 1.82) is 0 Å². The molecule has 2 rings (SSSR count). The maximum absolute atomic E-state index is 12.8. The van der Waals surface area contributed by atoms with E-state index in [1.807, 2.05) is 0 Å². The first-order valence-electron chi connectivity index (χ1n) is 6.59. The monoisotopic (exact) mass is 315 g/mol. The van der Waals surface area contributed by atoms with Gasteiger partial charge in [0.15, 0.2) is 5.71 Å². The van der Waals surface area contributed by atoms with E-state index < -0.39 is 5.78 Å². The highest BCUT2D eigenvalue weighted by molar-refractivity contribution is 6.64. The summed E-state index contributed by atoms with van der Waals surface area (Å²) < 4.78 is 17.9. The Morgan fingerprint density at radius 3 is 2.39 bits per heavy atom. The molecule has 0 fully saturated rings. The third kappa shape index (κ3) is 4.37. The quantitative estimate of drug-likeness (QED) is 0.371. The molecule has 0 aliphatic heterocycles. The zero-order chi connectivity index (χ0) is 16.7. The van der Waals surface area contributed by atoms with Crippen LogP contribution < -0.4 is 10.2 Å². The van der Waals surface area contributed by atoms with E-state index in [1.165, 1.54) is 31.4 Å². The zero-order valence-corrected chi connectivity index (χ0v) is 12.2. The van der Waals surface area contributed by atoms with Crippen molar-refractivity contribution in [3.05, 3.63) is 59.9 Å². The Morgan fingerprint density at radius 2 is 1.83 bits per heavy atom. The van der Waals surface area contributed by atoms with E-state index in [4.69, 9.17) is 9.94 Å². The molecule has 0 aliphatic rings. The van der Waals surface area contributed by atoms with Gasteiger partial charge in [0.2, 0.25) is 5.78 Å². The van der Waals surface area contributed by atoms with Gasteiger partial charge in [0.25, 0.3) is 0 Å². The number of benzene rings is 2. The molecule has 7 heteroatoms. The van der Waals surface area contributed by atoms with Gasteiger partial charge in [0.05, 0.1) is 19.0 Å². The molecule has 2 aromatic carbocycles. The summed E-state index contributed by atoms with van der Waals surface area (Å²) in [6.07, 6.45) is 0.920. The van der Waals surface area contributed by atoms with Gasteiger partial charge >= 0.3 is 0 Å². The number of anilines is 1. The van der Waals surface area contributed by atoms with Crippen molar-refractivity contribution < 1.29 is 19.1 Å². The van der Waals surface area contributed by atoms with Crippen LogP contribution in [0.1, 0.15) is 10.4 Å². The van der Waals surface area contributed by atoms with Gasteiger partial charge in [-0.05, 0) is 48.5 Å². The molecule has 2 aromatic rings. The Bertz CT molecular complexity index is 725. The van der Waals surface area contributed by atoms with Gasteiger partial charge in [0, 0.05) is 5.56 Å². The number of hydrogen-bond acceptors (Lipinski definition) is 6. The zero-order valence-electron chi connectivity index (χ0n) is 12.2. The molecule has 0 aromatic heterocycles. The lowest BCUT2D eigenvalue weighted by Crippen LogP contribution is -2.17. The highest BCUT2D eigenvalue weighted by Gasteiger charge is 2.13. The first kappa shape index (κ1) is 16.2. The Kier molecular flexibility index (Phi) is 5.40. The number of methoxy groups -OCH3 is 1. The van der Waals surface area contributed by atoms with Gasteiger partial charge in [-0.2, -0.15) is 5.10 Å². The Balaban J connectivity index is 2.20. The van der Waals surface area contributed by atoms with Gasteiger partial charge in [-0.1, -0.05) is 5.16 Å². The first-order chi connectivity index (χ1) is 11.1. The summed E-state index contributed by atoms with van der Waals surface area (Å²) in [6, 6.07) is 11.8. The average Bonchev–Trinajstić information content (AvgIpc) is 2.59. The fourth-order valence-electron chi connectivity index (χ4n) is 1.73. The number of ketones is 1. The van der Waals surface area contributed by atoms with E-state index in [0.29, 0.717) is 17.0 Å². The smallest absolute Gasteiger partial charge is 0.214 e. The van der Waals surface area contributed by atoms with E-state index in [9.17, 15) is 9.18 Å². The predicted molar refractivity (Wildman–Crippen MR) is 85.1 cm³/mol. The fourth-order valence-corrected chi connectivity index (χ4v) is 1.73. The molecule has 6 nitrogen and oxygen atoms in total. The normalized spacial score (nSPS) is 11.5. The summed E-state index contributed by atoms with van der Waals surface area (Å²) in [7, 11) is 1.52. The van der Waals surface area contributed by atoms with Gasteiger partial charge in [0.1, 0.15) is 11.6 Å². The van der Waals surface area contributed by atoms with Gasteiger partial charge in [-0.15, -0.1) is 0 Å². The van der Waals surface area contributed by atoms with Crippen LogP contribution in [0.2, 0.25) is 0 Å². The minimum absolute atomic E-state index is 0.109. The molecule has 23 heavy (non-hydrogen) atoms. The lowest BCUT2D eigenvalue weighted by atomic mass is 10.1. The molecule has 0 unspecified atom stereocenters. The highest BCUT2D eigenvalue weighted by Crippen LogP contribution is 2.13.